The molecule has 164 valence electrons. The molecule has 1 aliphatic rings. The second-order valence-corrected chi connectivity index (χ2v) is 9.51. The van der Waals surface area contributed by atoms with E-state index in [2.05, 4.69) is 41.8 Å². The van der Waals surface area contributed by atoms with E-state index in [0.717, 1.165) is 33.4 Å². The van der Waals surface area contributed by atoms with Gasteiger partial charge in [-0.1, -0.05) is 23.5 Å². The molecule has 0 N–H and O–H groups in total. The van der Waals surface area contributed by atoms with Crippen LogP contribution in [0.5, 0.6) is 11.5 Å². The lowest BCUT2D eigenvalue weighted by Crippen LogP contribution is -2.36. The summed E-state index contributed by atoms with van der Waals surface area (Å²) < 4.78 is 18.3. The quantitative estimate of drug-likeness (QED) is 0.434. The molecule has 0 aliphatic carbocycles. The van der Waals surface area contributed by atoms with Gasteiger partial charge in [-0.2, -0.15) is 4.57 Å². The van der Waals surface area contributed by atoms with E-state index in [-0.39, 0.29) is 5.56 Å². The second kappa shape index (κ2) is 8.11. The van der Waals surface area contributed by atoms with Crippen molar-refractivity contribution < 1.29 is 14.0 Å². The van der Waals surface area contributed by atoms with Gasteiger partial charge in [-0.25, -0.2) is 0 Å². The number of thiazole rings is 2. The molecule has 0 bridgehead atoms. The van der Waals surface area contributed by atoms with Crippen molar-refractivity contribution in [1.82, 2.24) is 4.57 Å². The summed E-state index contributed by atoms with van der Waals surface area (Å²) >= 11 is 3.21. The standard InChI is InChI=1S/C24H24N3O3S2/c1-5-26-16-9-7-8-10-19(16)31-20(26)14-21-27(6-2)23(28)22(32-21)24-25(3)17-13-15(29-4)11-12-18(17)30-24/h7-14H,5-6H2,1-4H3/q+1/b24-22-. The van der Waals surface area contributed by atoms with Gasteiger partial charge in [0.2, 0.25) is 11.4 Å². The summed E-state index contributed by atoms with van der Waals surface area (Å²) in [6.45, 7) is 5.60. The highest BCUT2D eigenvalue weighted by molar-refractivity contribution is 7.19. The number of rotatable bonds is 4. The summed E-state index contributed by atoms with van der Waals surface area (Å²) in [5.74, 6) is 2.03. The summed E-state index contributed by atoms with van der Waals surface area (Å²) in [7, 11) is 3.55. The molecule has 0 amide bonds. The molecule has 0 fully saturated rings. The van der Waals surface area contributed by atoms with E-state index in [1.807, 2.05) is 41.6 Å². The Balaban J connectivity index is 1.71. The second-order valence-electron chi connectivity index (χ2n) is 7.42. The predicted molar refractivity (Wildman–Crippen MR) is 130 cm³/mol. The van der Waals surface area contributed by atoms with Crippen molar-refractivity contribution in [3.05, 3.63) is 67.0 Å². The third-order valence-corrected chi connectivity index (χ3v) is 7.87. The van der Waals surface area contributed by atoms with Gasteiger partial charge in [0, 0.05) is 25.7 Å². The molecule has 0 saturated heterocycles. The third-order valence-electron chi connectivity index (χ3n) is 5.66. The summed E-state index contributed by atoms with van der Waals surface area (Å²) in [6, 6.07) is 14.1. The first-order valence-electron chi connectivity index (χ1n) is 10.5. The lowest BCUT2D eigenvalue weighted by atomic mass is 10.2. The fourth-order valence-electron chi connectivity index (χ4n) is 4.01. The molecule has 2 aromatic heterocycles. The van der Waals surface area contributed by atoms with Crippen LogP contribution >= 0.6 is 22.7 Å². The van der Waals surface area contributed by atoms with Crippen LogP contribution < -0.4 is 33.7 Å². The molecule has 32 heavy (non-hydrogen) atoms. The van der Waals surface area contributed by atoms with Crippen molar-refractivity contribution >= 4 is 50.5 Å². The molecule has 5 rings (SSSR count). The normalized spacial score (nSPS) is 15.4. The largest absolute Gasteiger partial charge is 0.497 e. The number of methoxy groups -OCH3 is 1. The highest BCUT2D eigenvalue weighted by Crippen LogP contribution is 2.40. The Morgan fingerprint density at radius 1 is 1.16 bits per heavy atom. The van der Waals surface area contributed by atoms with Gasteiger partial charge in [-0.15, -0.1) is 11.3 Å². The van der Waals surface area contributed by atoms with Gasteiger partial charge in [0.05, 0.1) is 18.9 Å². The zero-order valence-electron chi connectivity index (χ0n) is 18.4. The Bertz CT molecular complexity index is 1510. The number of fused-ring (bicyclic) bond motifs is 2. The molecule has 6 nitrogen and oxygen atoms in total. The smallest absolute Gasteiger partial charge is 0.274 e. The van der Waals surface area contributed by atoms with Crippen LogP contribution in [0.2, 0.25) is 0 Å². The first kappa shape index (κ1) is 20.8. The van der Waals surface area contributed by atoms with Gasteiger partial charge in [-0.05, 0) is 32.0 Å². The Labute approximate surface area is 193 Å². The number of nitrogens with zero attached hydrogens (tertiary/aromatic N) is 3. The van der Waals surface area contributed by atoms with Crippen molar-refractivity contribution in [2.45, 2.75) is 26.9 Å². The maximum Gasteiger partial charge on any atom is 0.274 e. The maximum atomic E-state index is 13.3. The first-order chi connectivity index (χ1) is 15.5. The first-order valence-corrected chi connectivity index (χ1v) is 12.2. The van der Waals surface area contributed by atoms with Gasteiger partial charge in [0.15, 0.2) is 10.3 Å². The topological polar surface area (TPSA) is 47.6 Å². The van der Waals surface area contributed by atoms with Gasteiger partial charge in [0.25, 0.3) is 10.6 Å². The van der Waals surface area contributed by atoms with E-state index in [1.54, 1.807) is 18.4 Å². The fraction of sp³-hybridized carbons (Fsp3) is 0.250. The predicted octanol–water partition coefficient (Wildman–Crippen LogP) is 2.88. The van der Waals surface area contributed by atoms with E-state index in [1.165, 1.54) is 21.6 Å². The van der Waals surface area contributed by atoms with Crippen molar-refractivity contribution in [1.29, 1.82) is 0 Å². The molecule has 2 aromatic carbocycles. The molecule has 0 spiro atoms. The summed E-state index contributed by atoms with van der Waals surface area (Å²) in [6.07, 6.45) is 2.12. The van der Waals surface area contributed by atoms with Crippen LogP contribution in [0, 0.1) is 0 Å². The van der Waals surface area contributed by atoms with Crippen LogP contribution in [0.1, 0.15) is 18.9 Å². The lowest BCUT2D eigenvalue weighted by Gasteiger charge is -2.10. The van der Waals surface area contributed by atoms with Crippen LogP contribution in [-0.4, -0.2) is 18.7 Å². The molecule has 3 heterocycles. The van der Waals surface area contributed by atoms with Gasteiger partial charge < -0.3 is 14.4 Å². The number of hydrogen-bond donors (Lipinski definition) is 0. The van der Waals surface area contributed by atoms with Crippen LogP contribution in [0.15, 0.2) is 47.3 Å². The number of aryl methyl sites for hydroxylation is 1. The molecule has 1 aliphatic heterocycles. The Kier molecular flexibility index (Phi) is 5.27. The molecule has 0 saturated carbocycles. The van der Waals surface area contributed by atoms with Gasteiger partial charge >= 0.3 is 0 Å². The van der Waals surface area contributed by atoms with Gasteiger partial charge in [-0.3, -0.25) is 9.36 Å². The Morgan fingerprint density at radius 2 is 1.97 bits per heavy atom. The Morgan fingerprint density at radius 3 is 2.72 bits per heavy atom. The average molecular weight is 467 g/mol. The number of hydrogen-bond acceptors (Lipinski definition) is 6. The summed E-state index contributed by atoms with van der Waals surface area (Å²) in [4.78, 5) is 15.3. The number of anilines is 1. The van der Waals surface area contributed by atoms with Gasteiger partial charge in [0.1, 0.15) is 21.7 Å². The van der Waals surface area contributed by atoms with E-state index in [9.17, 15) is 4.79 Å². The number of aromatic nitrogens is 2. The van der Waals surface area contributed by atoms with Crippen molar-refractivity contribution in [2.24, 2.45) is 0 Å². The van der Waals surface area contributed by atoms with Crippen molar-refractivity contribution in [3.63, 3.8) is 0 Å². The van der Waals surface area contributed by atoms with Crippen molar-refractivity contribution in [3.8, 4) is 11.5 Å². The Hall–Kier alpha value is -3.10. The number of para-hydroxylation sites is 1. The lowest BCUT2D eigenvalue weighted by molar-refractivity contribution is -0.665. The number of benzene rings is 2. The van der Waals surface area contributed by atoms with Crippen LogP contribution in [0.25, 0.3) is 22.2 Å². The summed E-state index contributed by atoms with van der Waals surface area (Å²) in [5, 5.41) is 1.13. The monoisotopic (exact) mass is 466 g/mol. The molecule has 0 atom stereocenters. The average Bonchev–Trinajstić information content (AvgIpc) is 3.44. The molecular weight excluding hydrogens is 442 g/mol. The van der Waals surface area contributed by atoms with Crippen LogP contribution in [0.4, 0.5) is 5.69 Å². The third kappa shape index (κ3) is 3.22. The molecule has 0 unspecified atom stereocenters. The zero-order valence-corrected chi connectivity index (χ0v) is 20.0. The minimum absolute atomic E-state index is 0.0328. The van der Waals surface area contributed by atoms with E-state index in [4.69, 9.17) is 9.47 Å². The van der Waals surface area contributed by atoms with E-state index >= 15 is 0 Å². The molecule has 8 heteroatoms. The fourth-order valence-corrected chi connectivity index (χ4v) is 6.42. The highest BCUT2D eigenvalue weighted by atomic mass is 32.1. The molecule has 4 aromatic rings. The minimum atomic E-state index is -0.0328. The zero-order chi connectivity index (χ0) is 22.4. The maximum absolute atomic E-state index is 13.3. The SMILES string of the molecule is CCn1c(=O)/c(=C2/Oc3ccc(OC)cc3N2C)s/c1=C/c1sc2ccccc2[n+]1CC. The highest BCUT2D eigenvalue weighted by Gasteiger charge is 2.27. The molecular formula is C24H24N3O3S2+. The van der Waals surface area contributed by atoms with E-state index in [0.29, 0.717) is 17.0 Å². The van der Waals surface area contributed by atoms with Crippen molar-refractivity contribution in [2.75, 3.05) is 19.1 Å². The van der Waals surface area contributed by atoms with E-state index < -0.39 is 0 Å². The minimum Gasteiger partial charge on any atom is -0.497 e. The number of ether oxygens (including phenoxy) is 2. The van der Waals surface area contributed by atoms with Crippen LogP contribution in [0.3, 0.4) is 0 Å². The summed E-state index contributed by atoms with van der Waals surface area (Å²) in [5.41, 5.74) is 2.06. The molecule has 0 radical (unpaired) electrons. The van der Waals surface area contributed by atoms with Crippen LogP contribution in [-0.2, 0) is 13.1 Å².